The number of para-hydroxylation sites is 1. The van der Waals surface area contributed by atoms with E-state index >= 15 is 0 Å². The third kappa shape index (κ3) is 3.32. The minimum Gasteiger partial charge on any atom is -0.365 e. The summed E-state index contributed by atoms with van der Waals surface area (Å²) in [6.45, 7) is 18.1. The molecule has 2 aliphatic rings. The molecule has 26 heavy (non-hydrogen) atoms. The van der Waals surface area contributed by atoms with Crippen molar-refractivity contribution in [2.75, 3.05) is 11.4 Å². The van der Waals surface area contributed by atoms with Gasteiger partial charge < -0.3 is 4.90 Å². The fourth-order valence-corrected chi connectivity index (χ4v) is 6.08. The number of hydrogen-bond donors (Lipinski definition) is 0. The molecule has 0 radical (unpaired) electrons. The van der Waals surface area contributed by atoms with Gasteiger partial charge in [0, 0.05) is 17.8 Å². The van der Waals surface area contributed by atoms with Gasteiger partial charge in [-0.3, -0.25) is 0 Å². The summed E-state index contributed by atoms with van der Waals surface area (Å²) in [6.07, 6.45) is 8.50. The number of benzene rings is 1. The molecule has 1 heteroatoms. The van der Waals surface area contributed by atoms with Gasteiger partial charge in [-0.15, -0.1) is 0 Å². The second kappa shape index (κ2) is 7.21. The van der Waals surface area contributed by atoms with Crippen LogP contribution in [0.15, 0.2) is 18.2 Å². The predicted octanol–water partition coefficient (Wildman–Crippen LogP) is 7.51. The van der Waals surface area contributed by atoms with Crippen LogP contribution in [0.2, 0.25) is 0 Å². The summed E-state index contributed by atoms with van der Waals surface area (Å²) in [5.41, 5.74) is 5.41. The quantitative estimate of drug-likeness (QED) is 0.528. The van der Waals surface area contributed by atoms with Crippen LogP contribution in [-0.4, -0.2) is 12.1 Å². The van der Waals surface area contributed by atoms with Crippen molar-refractivity contribution in [1.29, 1.82) is 0 Å². The minimum absolute atomic E-state index is 0.243. The third-order valence-corrected chi connectivity index (χ3v) is 7.53. The SMILES string of the molecule is CCC1(C2CCCC2)CN(c2c(C(C)C)cccc2C(C)C)C(C)(C)C1. The summed E-state index contributed by atoms with van der Waals surface area (Å²) >= 11 is 0. The Labute approximate surface area is 162 Å². The van der Waals surface area contributed by atoms with Gasteiger partial charge in [-0.25, -0.2) is 0 Å². The van der Waals surface area contributed by atoms with Crippen LogP contribution in [0.3, 0.4) is 0 Å². The first-order valence-corrected chi connectivity index (χ1v) is 11.1. The summed E-state index contributed by atoms with van der Waals surface area (Å²) in [5, 5.41) is 0. The number of rotatable bonds is 5. The van der Waals surface area contributed by atoms with Crippen molar-refractivity contribution in [2.45, 2.75) is 104 Å². The predicted molar refractivity (Wildman–Crippen MR) is 115 cm³/mol. The molecule has 1 aromatic rings. The molecule has 1 saturated heterocycles. The molecule has 1 unspecified atom stereocenters. The highest BCUT2D eigenvalue weighted by Crippen LogP contribution is 2.55. The maximum Gasteiger partial charge on any atom is 0.0441 e. The van der Waals surface area contributed by atoms with Gasteiger partial charge in [-0.05, 0) is 73.8 Å². The first kappa shape index (κ1) is 19.8. The van der Waals surface area contributed by atoms with Gasteiger partial charge in [0.1, 0.15) is 0 Å². The molecule has 1 aliphatic heterocycles. The zero-order valence-corrected chi connectivity index (χ0v) is 18.4. The molecule has 3 rings (SSSR count). The lowest BCUT2D eigenvalue weighted by Gasteiger charge is -2.38. The normalized spacial score (nSPS) is 26.4. The third-order valence-electron chi connectivity index (χ3n) is 7.53. The molecule has 1 nitrogen and oxygen atoms in total. The first-order valence-electron chi connectivity index (χ1n) is 11.1. The Bertz CT molecular complexity index is 595. The van der Waals surface area contributed by atoms with Crippen molar-refractivity contribution in [3.05, 3.63) is 29.3 Å². The van der Waals surface area contributed by atoms with Gasteiger partial charge in [-0.1, -0.05) is 65.7 Å². The van der Waals surface area contributed by atoms with E-state index in [1.54, 1.807) is 16.8 Å². The van der Waals surface area contributed by atoms with Crippen LogP contribution in [0.5, 0.6) is 0 Å². The average Bonchev–Trinajstić information content (AvgIpc) is 3.20. The average molecular weight is 356 g/mol. The van der Waals surface area contributed by atoms with E-state index in [2.05, 4.69) is 71.6 Å². The summed E-state index contributed by atoms with van der Waals surface area (Å²) in [5.74, 6) is 2.08. The van der Waals surface area contributed by atoms with Crippen molar-refractivity contribution in [1.82, 2.24) is 0 Å². The minimum atomic E-state index is 0.243. The van der Waals surface area contributed by atoms with E-state index in [9.17, 15) is 0 Å². The van der Waals surface area contributed by atoms with Crippen molar-refractivity contribution >= 4 is 5.69 Å². The Morgan fingerprint density at radius 1 is 1.00 bits per heavy atom. The molecule has 1 aliphatic carbocycles. The molecule has 0 bridgehead atoms. The van der Waals surface area contributed by atoms with Crippen LogP contribution in [0, 0.1) is 11.3 Å². The lowest BCUT2D eigenvalue weighted by Crippen LogP contribution is -2.40. The van der Waals surface area contributed by atoms with Gasteiger partial charge in [0.2, 0.25) is 0 Å². The molecule has 2 fully saturated rings. The van der Waals surface area contributed by atoms with Crippen molar-refractivity contribution in [2.24, 2.45) is 11.3 Å². The standard InChI is InChI=1S/C25H41N/c1-8-25(20-12-9-10-13-20)16-24(6,7)26(17-25)23-21(18(2)3)14-11-15-22(23)19(4)5/h11,14-15,18-20H,8-10,12-13,16-17H2,1-7H3. The van der Waals surface area contributed by atoms with E-state index in [1.807, 2.05) is 0 Å². The molecule has 0 aromatic heterocycles. The highest BCUT2D eigenvalue weighted by molar-refractivity contribution is 5.64. The number of nitrogens with zero attached hydrogens (tertiary/aromatic N) is 1. The zero-order chi connectivity index (χ0) is 19.1. The molecule has 1 heterocycles. The summed E-state index contributed by atoms with van der Waals surface area (Å²) in [6, 6.07) is 7.04. The highest BCUT2D eigenvalue weighted by atomic mass is 15.2. The molecule has 0 amide bonds. The van der Waals surface area contributed by atoms with Crippen LogP contribution in [-0.2, 0) is 0 Å². The second-order valence-corrected chi connectivity index (χ2v) is 10.4. The van der Waals surface area contributed by atoms with Crippen molar-refractivity contribution in [3.8, 4) is 0 Å². The van der Waals surface area contributed by atoms with E-state index < -0.39 is 0 Å². The molecule has 0 N–H and O–H groups in total. The molecular formula is C25H41N. The lowest BCUT2D eigenvalue weighted by molar-refractivity contribution is 0.169. The molecule has 0 spiro atoms. The van der Waals surface area contributed by atoms with E-state index in [0.29, 0.717) is 17.3 Å². The summed E-state index contributed by atoms with van der Waals surface area (Å²) in [4.78, 5) is 2.83. The van der Waals surface area contributed by atoms with Crippen LogP contribution in [0.4, 0.5) is 5.69 Å². The smallest absolute Gasteiger partial charge is 0.0441 e. The van der Waals surface area contributed by atoms with E-state index in [-0.39, 0.29) is 5.54 Å². The van der Waals surface area contributed by atoms with Crippen molar-refractivity contribution < 1.29 is 0 Å². The topological polar surface area (TPSA) is 3.24 Å². The van der Waals surface area contributed by atoms with Gasteiger partial charge >= 0.3 is 0 Å². The van der Waals surface area contributed by atoms with Crippen molar-refractivity contribution in [3.63, 3.8) is 0 Å². The van der Waals surface area contributed by atoms with Crippen LogP contribution in [0.25, 0.3) is 0 Å². The van der Waals surface area contributed by atoms with Gasteiger partial charge in [0.25, 0.3) is 0 Å². The zero-order valence-electron chi connectivity index (χ0n) is 18.4. The fraction of sp³-hybridized carbons (Fsp3) is 0.760. The first-order chi connectivity index (χ1) is 12.2. The van der Waals surface area contributed by atoms with Crippen LogP contribution in [0.1, 0.15) is 110 Å². The number of anilines is 1. The summed E-state index contributed by atoms with van der Waals surface area (Å²) in [7, 11) is 0. The molecular weight excluding hydrogens is 314 g/mol. The Morgan fingerprint density at radius 3 is 2.00 bits per heavy atom. The monoisotopic (exact) mass is 355 g/mol. The molecule has 1 atom stereocenters. The van der Waals surface area contributed by atoms with E-state index in [4.69, 9.17) is 0 Å². The maximum atomic E-state index is 2.83. The Morgan fingerprint density at radius 2 is 1.54 bits per heavy atom. The Hall–Kier alpha value is -0.980. The number of hydrogen-bond acceptors (Lipinski definition) is 1. The highest BCUT2D eigenvalue weighted by Gasteiger charge is 2.52. The van der Waals surface area contributed by atoms with Crippen LogP contribution >= 0.6 is 0 Å². The second-order valence-electron chi connectivity index (χ2n) is 10.4. The Kier molecular flexibility index (Phi) is 5.48. The van der Waals surface area contributed by atoms with Gasteiger partial charge in [-0.2, -0.15) is 0 Å². The van der Waals surface area contributed by atoms with Gasteiger partial charge in [0.15, 0.2) is 0 Å². The van der Waals surface area contributed by atoms with Crippen LogP contribution < -0.4 is 4.90 Å². The van der Waals surface area contributed by atoms with E-state index in [1.165, 1.54) is 45.1 Å². The van der Waals surface area contributed by atoms with Gasteiger partial charge in [0.05, 0.1) is 0 Å². The Balaban J connectivity index is 2.08. The fourth-order valence-electron chi connectivity index (χ4n) is 6.08. The molecule has 1 aromatic carbocycles. The van der Waals surface area contributed by atoms with E-state index in [0.717, 1.165) is 5.92 Å². The lowest BCUT2D eigenvalue weighted by atomic mass is 9.69. The maximum absolute atomic E-state index is 2.83. The molecule has 1 saturated carbocycles. The molecule has 146 valence electrons. The summed E-state index contributed by atoms with van der Waals surface area (Å²) < 4.78 is 0. The largest absolute Gasteiger partial charge is 0.365 e.